The number of nitrogens with one attached hydrogen (secondary N) is 2. The van der Waals surface area contributed by atoms with Crippen LogP contribution in [-0.4, -0.2) is 4.98 Å². The molecule has 0 saturated carbocycles. The summed E-state index contributed by atoms with van der Waals surface area (Å²) in [6.45, 7) is 2.37. The third kappa shape index (κ3) is 3.69. The van der Waals surface area contributed by atoms with E-state index in [4.69, 9.17) is 5.73 Å². The first-order valence-electron chi connectivity index (χ1n) is 7.20. The topological polar surface area (TPSA) is 94.7 Å². The van der Waals surface area contributed by atoms with Gasteiger partial charge in [0, 0.05) is 11.8 Å². The van der Waals surface area contributed by atoms with Crippen molar-refractivity contribution >= 4 is 17.8 Å². The Balaban J connectivity index is 2.58. The highest BCUT2D eigenvalue weighted by Crippen LogP contribution is 2.06. The molecule has 23 heavy (non-hydrogen) atoms. The lowest BCUT2D eigenvalue weighted by molar-refractivity contribution is 1.09. The summed E-state index contributed by atoms with van der Waals surface area (Å²) >= 11 is 0. The molecule has 5 heteroatoms. The van der Waals surface area contributed by atoms with Crippen LogP contribution in [0.1, 0.15) is 18.1 Å². The van der Waals surface area contributed by atoms with Crippen LogP contribution in [0.3, 0.4) is 0 Å². The Labute approximate surface area is 134 Å². The zero-order valence-corrected chi connectivity index (χ0v) is 12.8. The SMILES string of the molecule is C/C=c1/c(NCc2ccccc2)c(C#N)c(=O)[nH]/c1=C/C=C\N. The van der Waals surface area contributed by atoms with Crippen molar-refractivity contribution in [3.63, 3.8) is 0 Å². The largest absolute Gasteiger partial charge is 0.405 e. The molecule has 2 rings (SSSR count). The molecule has 0 aliphatic carbocycles. The summed E-state index contributed by atoms with van der Waals surface area (Å²) < 4.78 is 0. The van der Waals surface area contributed by atoms with Crippen LogP contribution in [-0.2, 0) is 6.54 Å². The van der Waals surface area contributed by atoms with Gasteiger partial charge in [-0.2, -0.15) is 5.26 Å². The van der Waals surface area contributed by atoms with Gasteiger partial charge in [-0.1, -0.05) is 36.4 Å². The fourth-order valence-electron chi connectivity index (χ4n) is 2.29. The number of anilines is 1. The molecule has 0 fully saturated rings. The number of benzene rings is 1. The maximum absolute atomic E-state index is 12.1. The monoisotopic (exact) mass is 306 g/mol. The zero-order chi connectivity index (χ0) is 16.7. The molecule has 0 aliphatic heterocycles. The van der Waals surface area contributed by atoms with Crippen LogP contribution < -0.4 is 27.2 Å². The number of nitrogens with zero attached hydrogens (tertiary/aromatic N) is 1. The van der Waals surface area contributed by atoms with Crippen molar-refractivity contribution in [1.82, 2.24) is 4.98 Å². The van der Waals surface area contributed by atoms with E-state index in [2.05, 4.69) is 10.3 Å². The predicted molar refractivity (Wildman–Crippen MR) is 92.7 cm³/mol. The van der Waals surface area contributed by atoms with E-state index in [0.717, 1.165) is 10.8 Å². The minimum atomic E-state index is -0.426. The molecule has 4 N–H and O–H groups in total. The molecule has 0 atom stereocenters. The number of allylic oxidation sites excluding steroid dienone is 1. The Bertz CT molecular complexity index is 918. The van der Waals surface area contributed by atoms with Crippen LogP contribution in [0.2, 0.25) is 0 Å². The molecule has 116 valence electrons. The van der Waals surface area contributed by atoms with E-state index in [0.29, 0.717) is 17.6 Å². The fraction of sp³-hybridized carbons (Fsp3) is 0.111. The van der Waals surface area contributed by atoms with E-state index < -0.39 is 5.56 Å². The number of nitriles is 1. The van der Waals surface area contributed by atoms with Crippen LogP contribution in [0.25, 0.3) is 12.2 Å². The second kappa shape index (κ2) is 7.66. The number of aromatic amines is 1. The minimum Gasteiger partial charge on any atom is -0.405 e. The zero-order valence-electron chi connectivity index (χ0n) is 12.8. The lowest BCUT2D eigenvalue weighted by Gasteiger charge is -2.09. The number of rotatable bonds is 4. The number of H-pyrrole nitrogens is 1. The summed E-state index contributed by atoms with van der Waals surface area (Å²) in [4.78, 5) is 14.8. The summed E-state index contributed by atoms with van der Waals surface area (Å²) in [6.07, 6.45) is 6.56. The van der Waals surface area contributed by atoms with Crippen LogP contribution in [0.4, 0.5) is 5.69 Å². The highest BCUT2D eigenvalue weighted by Gasteiger charge is 2.09. The molecular weight excluding hydrogens is 288 g/mol. The first-order chi connectivity index (χ1) is 11.2. The molecule has 0 bridgehead atoms. The Morgan fingerprint density at radius 3 is 2.70 bits per heavy atom. The van der Waals surface area contributed by atoms with E-state index in [1.807, 2.05) is 49.4 Å². The average Bonchev–Trinajstić information content (AvgIpc) is 2.58. The van der Waals surface area contributed by atoms with Crippen LogP contribution in [0, 0.1) is 11.3 Å². The first-order valence-corrected chi connectivity index (χ1v) is 7.20. The van der Waals surface area contributed by atoms with Gasteiger partial charge < -0.3 is 16.0 Å². The summed E-state index contributed by atoms with van der Waals surface area (Å²) in [5, 5.41) is 13.9. The summed E-state index contributed by atoms with van der Waals surface area (Å²) in [7, 11) is 0. The lowest BCUT2D eigenvalue weighted by Crippen LogP contribution is -2.38. The normalized spacial score (nSPS) is 12.5. The summed E-state index contributed by atoms with van der Waals surface area (Å²) in [5.74, 6) is 0. The lowest BCUT2D eigenvalue weighted by atomic mass is 10.1. The van der Waals surface area contributed by atoms with Crippen molar-refractivity contribution in [2.24, 2.45) is 5.73 Å². The van der Waals surface area contributed by atoms with E-state index in [-0.39, 0.29) is 5.56 Å². The van der Waals surface area contributed by atoms with Gasteiger partial charge in [0.1, 0.15) is 11.6 Å². The summed E-state index contributed by atoms with van der Waals surface area (Å²) in [5.41, 5.74) is 6.59. The number of aromatic nitrogens is 1. The molecule has 0 aliphatic rings. The molecule has 0 spiro atoms. The third-order valence-electron chi connectivity index (χ3n) is 3.37. The van der Waals surface area contributed by atoms with Gasteiger partial charge in [-0.05, 0) is 30.8 Å². The fourth-order valence-corrected chi connectivity index (χ4v) is 2.29. The molecule has 1 aromatic heterocycles. The molecule has 0 saturated heterocycles. The van der Waals surface area contributed by atoms with Crippen LogP contribution in [0.15, 0.2) is 47.4 Å². The first kappa shape index (κ1) is 16.1. The maximum Gasteiger partial charge on any atom is 0.268 e. The van der Waals surface area contributed by atoms with Crippen molar-refractivity contribution in [3.05, 3.63) is 74.7 Å². The molecule has 2 aromatic rings. The van der Waals surface area contributed by atoms with Crippen molar-refractivity contribution < 1.29 is 0 Å². The Morgan fingerprint density at radius 1 is 1.35 bits per heavy atom. The molecule has 0 radical (unpaired) electrons. The van der Waals surface area contributed by atoms with Gasteiger partial charge in [-0.25, -0.2) is 0 Å². The van der Waals surface area contributed by atoms with Gasteiger partial charge in [-0.3, -0.25) is 4.79 Å². The van der Waals surface area contributed by atoms with Gasteiger partial charge in [0.15, 0.2) is 0 Å². The van der Waals surface area contributed by atoms with Crippen molar-refractivity contribution in [3.8, 4) is 6.07 Å². The standard InChI is InChI=1S/C18H18N4O/c1-2-14-16(9-6-10-19)22-18(23)15(11-20)17(14)21-12-13-7-4-3-5-8-13/h2-10,21H,12,19H2,1H3,(H,22,23)/b10-6-,14-2+,16-9+. The Hall–Kier alpha value is -3.26. The Morgan fingerprint density at radius 2 is 2.09 bits per heavy atom. The third-order valence-corrected chi connectivity index (χ3v) is 3.37. The van der Waals surface area contributed by atoms with Gasteiger partial charge in [-0.15, -0.1) is 0 Å². The number of hydrogen-bond acceptors (Lipinski definition) is 4. The van der Waals surface area contributed by atoms with Gasteiger partial charge >= 0.3 is 0 Å². The van der Waals surface area contributed by atoms with Gasteiger partial charge in [0.05, 0.1) is 11.0 Å². The van der Waals surface area contributed by atoms with Crippen molar-refractivity contribution in [1.29, 1.82) is 5.26 Å². The maximum atomic E-state index is 12.1. The molecule has 1 heterocycles. The smallest absolute Gasteiger partial charge is 0.268 e. The van der Waals surface area contributed by atoms with Crippen molar-refractivity contribution in [2.45, 2.75) is 13.5 Å². The predicted octanol–water partition coefficient (Wildman–Crippen LogP) is 0.912. The van der Waals surface area contributed by atoms with E-state index in [1.54, 1.807) is 12.2 Å². The van der Waals surface area contributed by atoms with Gasteiger partial charge in [0.2, 0.25) is 0 Å². The molecule has 1 aromatic carbocycles. The number of pyridine rings is 1. The van der Waals surface area contributed by atoms with Crippen molar-refractivity contribution in [2.75, 3.05) is 5.32 Å². The average molecular weight is 306 g/mol. The van der Waals surface area contributed by atoms with E-state index in [1.165, 1.54) is 6.20 Å². The van der Waals surface area contributed by atoms with Crippen LogP contribution >= 0.6 is 0 Å². The molecule has 5 nitrogen and oxygen atoms in total. The second-order valence-corrected chi connectivity index (χ2v) is 4.82. The number of hydrogen-bond donors (Lipinski definition) is 3. The number of nitrogens with two attached hydrogens (primary N) is 1. The highest BCUT2D eigenvalue weighted by atomic mass is 16.1. The Kier molecular flexibility index (Phi) is 5.37. The summed E-state index contributed by atoms with van der Waals surface area (Å²) in [6, 6.07) is 11.8. The molecule has 0 unspecified atom stereocenters. The van der Waals surface area contributed by atoms with Crippen LogP contribution in [0.5, 0.6) is 0 Å². The van der Waals surface area contributed by atoms with E-state index in [9.17, 15) is 10.1 Å². The quantitative estimate of drug-likeness (QED) is 0.782. The minimum absolute atomic E-state index is 0.0721. The highest BCUT2D eigenvalue weighted by molar-refractivity contribution is 5.60. The van der Waals surface area contributed by atoms with E-state index >= 15 is 0 Å². The molecular formula is C18H18N4O. The molecule has 0 amide bonds. The van der Waals surface area contributed by atoms with Gasteiger partial charge in [0.25, 0.3) is 5.56 Å². The second-order valence-electron chi connectivity index (χ2n) is 4.82.